The zero-order valence-electron chi connectivity index (χ0n) is 6.66. The second-order valence-corrected chi connectivity index (χ2v) is 2.66. The van der Waals surface area contributed by atoms with Gasteiger partial charge in [0.1, 0.15) is 5.82 Å². The molecule has 0 aliphatic carbocycles. The summed E-state index contributed by atoms with van der Waals surface area (Å²) in [5, 5.41) is 7.32. The molecule has 0 saturated carbocycles. The Morgan fingerprint density at radius 3 is 2.92 bits per heavy atom. The van der Waals surface area contributed by atoms with Crippen molar-refractivity contribution in [3.05, 3.63) is 29.6 Å². The maximum atomic E-state index is 12.8. The lowest BCUT2D eigenvalue weighted by Gasteiger charge is -2.06. The van der Waals surface area contributed by atoms with Crippen molar-refractivity contribution in [1.82, 2.24) is 11.0 Å². The van der Waals surface area contributed by atoms with E-state index in [-0.39, 0.29) is 11.9 Å². The van der Waals surface area contributed by atoms with E-state index in [2.05, 4.69) is 21.3 Å². The van der Waals surface area contributed by atoms with Crippen molar-refractivity contribution in [3.63, 3.8) is 0 Å². The predicted molar refractivity (Wildman–Crippen MR) is 44.7 cm³/mol. The van der Waals surface area contributed by atoms with E-state index in [0.717, 1.165) is 5.56 Å². The highest BCUT2D eigenvalue weighted by Crippen LogP contribution is 2.20. The van der Waals surface area contributed by atoms with Crippen LogP contribution in [0, 0.1) is 5.82 Å². The topological polar surface area (TPSA) is 74.8 Å². The maximum absolute atomic E-state index is 12.8. The first kappa shape index (κ1) is 7.93. The molecule has 0 spiro atoms. The fraction of sp³-hybridized carbons (Fsp3) is 0.143. The molecule has 6 heteroatoms. The van der Waals surface area contributed by atoms with Gasteiger partial charge >= 0.3 is 0 Å². The summed E-state index contributed by atoms with van der Waals surface area (Å²) in [6.45, 7) is 0. The maximum Gasteiger partial charge on any atom is 0.166 e. The third kappa shape index (κ3) is 1.43. The fourth-order valence-electron chi connectivity index (χ4n) is 1.09. The van der Waals surface area contributed by atoms with Gasteiger partial charge in [-0.05, 0) is 17.7 Å². The summed E-state index contributed by atoms with van der Waals surface area (Å²) in [7, 11) is 0. The molecule has 1 atom stereocenters. The predicted octanol–water partition coefficient (Wildman–Crippen LogP) is 0.881. The number of halogens is 1. The molecule has 1 aromatic carbocycles. The van der Waals surface area contributed by atoms with Crippen LogP contribution >= 0.6 is 0 Å². The molecular formula is C7H8FN5. The van der Waals surface area contributed by atoms with Gasteiger partial charge in [0.15, 0.2) is 6.17 Å². The van der Waals surface area contributed by atoms with E-state index in [1.807, 2.05) is 0 Å². The zero-order chi connectivity index (χ0) is 9.26. The number of benzene rings is 1. The van der Waals surface area contributed by atoms with Crippen molar-refractivity contribution in [2.75, 3.05) is 5.73 Å². The molecule has 13 heavy (non-hydrogen) atoms. The van der Waals surface area contributed by atoms with Crippen LogP contribution in [0.25, 0.3) is 0 Å². The van der Waals surface area contributed by atoms with Gasteiger partial charge in [-0.25, -0.2) is 9.93 Å². The number of nitrogens with zero attached hydrogens (tertiary/aromatic N) is 2. The summed E-state index contributed by atoms with van der Waals surface area (Å²) in [5.41, 5.74) is 11.5. The normalized spacial score (nSPS) is 20.2. The monoisotopic (exact) mass is 181 g/mol. The van der Waals surface area contributed by atoms with E-state index >= 15 is 0 Å². The third-order valence-corrected chi connectivity index (χ3v) is 1.76. The number of anilines is 1. The molecule has 1 aromatic rings. The minimum Gasteiger partial charge on any atom is -0.396 e. The summed E-state index contributed by atoms with van der Waals surface area (Å²) in [5.74, 6) is -0.424. The number of hydrogen-bond donors (Lipinski definition) is 3. The van der Waals surface area contributed by atoms with Crippen LogP contribution in [0.2, 0.25) is 0 Å². The van der Waals surface area contributed by atoms with Crippen molar-refractivity contribution >= 4 is 5.69 Å². The second kappa shape index (κ2) is 2.98. The molecule has 2 rings (SSSR count). The van der Waals surface area contributed by atoms with E-state index in [0.29, 0.717) is 0 Å². The molecule has 1 aliphatic heterocycles. The molecule has 0 bridgehead atoms. The molecule has 1 heterocycles. The second-order valence-electron chi connectivity index (χ2n) is 2.66. The molecular weight excluding hydrogens is 173 g/mol. The van der Waals surface area contributed by atoms with Crippen molar-refractivity contribution in [2.24, 2.45) is 10.3 Å². The average Bonchev–Trinajstić information content (AvgIpc) is 2.62. The van der Waals surface area contributed by atoms with Crippen molar-refractivity contribution < 1.29 is 4.39 Å². The minimum absolute atomic E-state index is 0.112. The van der Waals surface area contributed by atoms with Gasteiger partial charge in [0.25, 0.3) is 0 Å². The third-order valence-electron chi connectivity index (χ3n) is 1.76. The lowest BCUT2D eigenvalue weighted by molar-refractivity contribution is 0.550. The highest BCUT2D eigenvalue weighted by molar-refractivity contribution is 5.43. The minimum atomic E-state index is -0.424. The smallest absolute Gasteiger partial charge is 0.166 e. The molecule has 68 valence electrons. The Morgan fingerprint density at radius 1 is 1.46 bits per heavy atom. The largest absolute Gasteiger partial charge is 0.396 e. The van der Waals surface area contributed by atoms with Gasteiger partial charge in [0, 0.05) is 0 Å². The number of nitrogens with one attached hydrogen (secondary N) is 2. The quantitative estimate of drug-likeness (QED) is 0.563. The fourth-order valence-corrected chi connectivity index (χ4v) is 1.09. The van der Waals surface area contributed by atoms with E-state index in [1.165, 1.54) is 12.1 Å². The van der Waals surface area contributed by atoms with Gasteiger partial charge in [-0.2, -0.15) is 5.43 Å². The standard InChI is InChI=1S/C7H8FN5/c8-5-2-1-4(3-6(5)9)7-10-12-13-11-7/h1-3,7H,9H2,(H,10,13)(H,11,12). The van der Waals surface area contributed by atoms with Crippen LogP contribution in [0.4, 0.5) is 10.1 Å². The number of rotatable bonds is 1. The Hall–Kier alpha value is -1.69. The van der Waals surface area contributed by atoms with Crippen LogP contribution in [-0.2, 0) is 0 Å². The Kier molecular flexibility index (Phi) is 1.82. The van der Waals surface area contributed by atoms with Crippen LogP contribution in [0.3, 0.4) is 0 Å². The number of nitrogens with two attached hydrogens (primary N) is 1. The Bertz CT molecular complexity index is 351. The zero-order valence-corrected chi connectivity index (χ0v) is 6.66. The first-order chi connectivity index (χ1) is 6.27. The molecule has 0 radical (unpaired) electrons. The molecule has 1 aliphatic rings. The molecule has 1 unspecified atom stereocenters. The highest BCUT2D eigenvalue weighted by Gasteiger charge is 2.14. The van der Waals surface area contributed by atoms with Gasteiger partial charge in [0.05, 0.1) is 5.69 Å². The van der Waals surface area contributed by atoms with E-state index in [9.17, 15) is 4.39 Å². The first-order valence-corrected chi connectivity index (χ1v) is 3.72. The molecule has 0 amide bonds. The Labute approximate surface area is 73.8 Å². The Morgan fingerprint density at radius 2 is 2.31 bits per heavy atom. The summed E-state index contributed by atoms with van der Waals surface area (Å²) in [6, 6.07) is 4.44. The summed E-state index contributed by atoms with van der Waals surface area (Å²) in [4.78, 5) is 0. The molecule has 5 nitrogen and oxygen atoms in total. The van der Waals surface area contributed by atoms with Gasteiger partial charge in [-0.15, -0.1) is 5.11 Å². The van der Waals surface area contributed by atoms with Crippen molar-refractivity contribution in [2.45, 2.75) is 6.17 Å². The van der Waals surface area contributed by atoms with Gasteiger partial charge < -0.3 is 5.73 Å². The van der Waals surface area contributed by atoms with Crippen molar-refractivity contribution in [3.8, 4) is 0 Å². The number of hydrogen-bond acceptors (Lipinski definition) is 5. The van der Waals surface area contributed by atoms with Gasteiger partial charge in [0.2, 0.25) is 0 Å². The van der Waals surface area contributed by atoms with Crippen LogP contribution < -0.4 is 16.7 Å². The molecule has 4 N–H and O–H groups in total. The Balaban J connectivity index is 2.30. The van der Waals surface area contributed by atoms with E-state index < -0.39 is 5.82 Å². The summed E-state index contributed by atoms with van der Waals surface area (Å²) < 4.78 is 12.8. The van der Waals surface area contributed by atoms with Crippen LogP contribution in [0.1, 0.15) is 11.7 Å². The molecule has 0 aromatic heterocycles. The van der Waals surface area contributed by atoms with E-state index in [1.54, 1.807) is 6.07 Å². The number of nitrogen functional groups attached to an aromatic ring is 1. The summed E-state index contributed by atoms with van der Waals surface area (Å²) >= 11 is 0. The highest BCUT2D eigenvalue weighted by atomic mass is 19.1. The lowest BCUT2D eigenvalue weighted by Crippen LogP contribution is -2.24. The molecule has 0 saturated heterocycles. The van der Waals surface area contributed by atoms with Gasteiger partial charge in [-0.3, -0.25) is 0 Å². The summed E-state index contributed by atoms with van der Waals surface area (Å²) in [6.07, 6.45) is -0.289. The van der Waals surface area contributed by atoms with Crippen LogP contribution in [0.5, 0.6) is 0 Å². The van der Waals surface area contributed by atoms with E-state index in [4.69, 9.17) is 5.73 Å². The van der Waals surface area contributed by atoms with Crippen LogP contribution in [-0.4, -0.2) is 0 Å². The number of hydrazine groups is 1. The lowest BCUT2D eigenvalue weighted by atomic mass is 10.1. The van der Waals surface area contributed by atoms with Crippen molar-refractivity contribution in [1.29, 1.82) is 0 Å². The SMILES string of the molecule is Nc1cc(C2N=NNN2)ccc1F. The molecule has 0 fully saturated rings. The first-order valence-electron chi connectivity index (χ1n) is 3.72. The average molecular weight is 181 g/mol. The van der Waals surface area contributed by atoms with Gasteiger partial charge in [-0.1, -0.05) is 11.3 Å². The van der Waals surface area contributed by atoms with Crippen LogP contribution in [0.15, 0.2) is 28.5 Å².